The van der Waals surface area contributed by atoms with Gasteiger partial charge in [-0.05, 0) is 36.4 Å². The van der Waals surface area contributed by atoms with Crippen LogP contribution in [-0.4, -0.2) is 15.7 Å². The van der Waals surface area contributed by atoms with Gasteiger partial charge in [-0.3, -0.25) is 9.59 Å². The van der Waals surface area contributed by atoms with Crippen LogP contribution in [0.1, 0.15) is 0 Å². The van der Waals surface area contributed by atoms with E-state index in [2.05, 4.69) is 10.4 Å². The third-order valence-electron chi connectivity index (χ3n) is 3.51. The summed E-state index contributed by atoms with van der Waals surface area (Å²) in [4.78, 5) is 24.3. The van der Waals surface area contributed by atoms with Crippen LogP contribution in [0.5, 0.6) is 0 Å². The van der Waals surface area contributed by atoms with Crippen molar-refractivity contribution in [1.82, 2.24) is 9.78 Å². The number of anilines is 1. The molecule has 0 aliphatic rings. The Hall–Kier alpha value is -2.34. The predicted octanol–water partition coefficient (Wildman–Crippen LogP) is 4.51. The first-order valence-electron chi connectivity index (χ1n) is 7.51. The van der Waals surface area contributed by atoms with E-state index in [1.807, 2.05) is 0 Å². The number of halogens is 3. The van der Waals surface area contributed by atoms with Crippen molar-refractivity contribution in [3.8, 4) is 11.3 Å². The fourth-order valence-corrected chi connectivity index (χ4v) is 2.84. The molecule has 0 radical (unpaired) electrons. The lowest BCUT2D eigenvalue weighted by Gasteiger charge is -2.09. The quantitative estimate of drug-likeness (QED) is 0.691. The highest BCUT2D eigenvalue weighted by Gasteiger charge is 2.10. The molecule has 3 aromatic rings. The van der Waals surface area contributed by atoms with Crippen molar-refractivity contribution in [3.63, 3.8) is 0 Å². The van der Waals surface area contributed by atoms with E-state index in [0.717, 1.165) is 10.2 Å². The average Bonchev–Trinajstić information content (AvgIpc) is 2.60. The first kappa shape index (κ1) is 18.5. The summed E-state index contributed by atoms with van der Waals surface area (Å²) in [6.07, 6.45) is 0. The van der Waals surface area contributed by atoms with Crippen LogP contribution in [0.3, 0.4) is 0 Å². The molecule has 0 bridgehead atoms. The molecule has 5 nitrogen and oxygen atoms in total. The van der Waals surface area contributed by atoms with Crippen molar-refractivity contribution in [2.45, 2.75) is 6.54 Å². The van der Waals surface area contributed by atoms with Gasteiger partial charge in [0.05, 0.1) is 16.4 Å². The average molecular weight is 409 g/mol. The maximum absolute atomic E-state index is 12.2. The van der Waals surface area contributed by atoms with E-state index in [4.69, 9.17) is 34.8 Å². The predicted molar refractivity (Wildman–Crippen MR) is 104 cm³/mol. The molecule has 0 saturated carbocycles. The van der Waals surface area contributed by atoms with Crippen molar-refractivity contribution < 1.29 is 4.79 Å². The molecule has 8 heteroatoms. The maximum Gasteiger partial charge on any atom is 0.267 e. The van der Waals surface area contributed by atoms with Gasteiger partial charge in [0, 0.05) is 21.7 Å². The van der Waals surface area contributed by atoms with Crippen LogP contribution in [-0.2, 0) is 11.3 Å². The second-order valence-corrected chi connectivity index (χ2v) is 6.67. The van der Waals surface area contributed by atoms with Gasteiger partial charge in [0.1, 0.15) is 6.54 Å². The fourth-order valence-electron chi connectivity index (χ4n) is 2.25. The number of benzene rings is 2. The van der Waals surface area contributed by atoms with Crippen LogP contribution in [0.4, 0.5) is 5.69 Å². The van der Waals surface area contributed by atoms with Gasteiger partial charge in [0.15, 0.2) is 0 Å². The summed E-state index contributed by atoms with van der Waals surface area (Å²) in [5.74, 6) is -0.433. The third-order valence-corrected chi connectivity index (χ3v) is 4.30. The van der Waals surface area contributed by atoms with Crippen LogP contribution in [0.15, 0.2) is 59.4 Å². The summed E-state index contributed by atoms with van der Waals surface area (Å²) in [5.41, 5.74) is 1.35. The number of nitrogens with one attached hydrogen (secondary N) is 1. The number of aromatic nitrogens is 2. The zero-order valence-electron chi connectivity index (χ0n) is 13.2. The van der Waals surface area contributed by atoms with Gasteiger partial charge in [-0.15, -0.1) is 0 Å². The van der Waals surface area contributed by atoms with E-state index in [-0.39, 0.29) is 12.1 Å². The van der Waals surface area contributed by atoms with Crippen LogP contribution in [0.2, 0.25) is 15.1 Å². The molecular weight excluding hydrogens is 397 g/mol. The number of nitrogens with zero attached hydrogens (tertiary/aromatic N) is 2. The minimum Gasteiger partial charge on any atom is -0.323 e. The van der Waals surface area contributed by atoms with E-state index in [0.29, 0.717) is 26.4 Å². The summed E-state index contributed by atoms with van der Waals surface area (Å²) < 4.78 is 1.09. The molecule has 0 saturated heterocycles. The summed E-state index contributed by atoms with van der Waals surface area (Å²) in [7, 11) is 0. The van der Waals surface area contributed by atoms with Crippen LogP contribution >= 0.6 is 34.8 Å². The van der Waals surface area contributed by atoms with Crippen LogP contribution in [0, 0.1) is 0 Å². The number of hydrogen-bond acceptors (Lipinski definition) is 3. The molecule has 0 aliphatic heterocycles. The molecule has 2 aromatic carbocycles. The molecule has 26 heavy (non-hydrogen) atoms. The summed E-state index contributed by atoms with van der Waals surface area (Å²) in [5, 5.41) is 8.23. The zero-order valence-corrected chi connectivity index (χ0v) is 15.5. The topological polar surface area (TPSA) is 64.0 Å². The molecule has 1 amide bonds. The number of amides is 1. The Morgan fingerprint density at radius 1 is 0.962 bits per heavy atom. The molecule has 1 N–H and O–H groups in total. The number of carbonyl (C=O) groups is 1. The molecule has 0 fully saturated rings. The lowest BCUT2D eigenvalue weighted by molar-refractivity contribution is -0.117. The van der Waals surface area contributed by atoms with Crippen molar-refractivity contribution in [1.29, 1.82) is 0 Å². The number of carbonyl (C=O) groups excluding carboxylic acids is 1. The first-order chi connectivity index (χ1) is 12.4. The summed E-state index contributed by atoms with van der Waals surface area (Å²) in [6, 6.07) is 14.7. The lowest BCUT2D eigenvalue weighted by Crippen LogP contribution is -2.29. The van der Waals surface area contributed by atoms with Gasteiger partial charge in [0.25, 0.3) is 5.56 Å². The normalized spacial score (nSPS) is 10.6. The Morgan fingerprint density at radius 3 is 2.35 bits per heavy atom. The highest BCUT2D eigenvalue weighted by atomic mass is 35.5. The molecule has 1 aromatic heterocycles. The molecule has 0 unspecified atom stereocenters. The molecule has 132 valence electrons. The Balaban J connectivity index is 1.80. The van der Waals surface area contributed by atoms with Gasteiger partial charge >= 0.3 is 0 Å². The Bertz CT molecular complexity index is 1020. The molecular formula is C18H12Cl3N3O2. The van der Waals surface area contributed by atoms with E-state index < -0.39 is 5.91 Å². The summed E-state index contributed by atoms with van der Waals surface area (Å²) >= 11 is 17.7. The van der Waals surface area contributed by atoms with E-state index >= 15 is 0 Å². The smallest absolute Gasteiger partial charge is 0.267 e. The molecule has 0 atom stereocenters. The first-order valence-corrected chi connectivity index (χ1v) is 8.65. The van der Waals surface area contributed by atoms with E-state index in [1.54, 1.807) is 42.5 Å². The van der Waals surface area contributed by atoms with Gasteiger partial charge < -0.3 is 5.32 Å². The van der Waals surface area contributed by atoms with Crippen molar-refractivity contribution >= 4 is 46.4 Å². The third kappa shape index (κ3) is 4.43. The monoisotopic (exact) mass is 407 g/mol. The highest BCUT2D eigenvalue weighted by Crippen LogP contribution is 2.25. The van der Waals surface area contributed by atoms with Crippen molar-refractivity contribution in [2.24, 2.45) is 0 Å². The Labute approximate surface area is 164 Å². The second-order valence-electron chi connectivity index (χ2n) is 5.39. The van der Waals surface area contributed by atoms with E-state index in [1.165, 1.54) is 12.1 Å². The number of rotatable bonds is 4. The van der Waals surface area contributed by atoms with Gasteiger partial charge in [-0.25, -0.2) is 4.68 Å². The van der Waals surface area contributed by atoms with Gasteiger partial charge in [-0.1, -0.05) is 46.9 Å². The van der Waals surface area contributed by atoms with E-state index in [9.17, 15) is 9.59 Å². The minimum absolute atomic E-state index is 0.251. The molecule has 3 rings (SSSR count). The van der Waals surface area contributed by atoms with Crippen molar-refractivity contribution in [3.05, 3.63) is 80.0 Å². The highest BCUT2D eigenvalue weighted by molar-refractivity contribution is 6.36. The van der Waals surface area contributed by atoms with Gasteiger partial charge in [0.2, 0.25) is 5.91 Å². The van der Waals surface area contributed by atoms with Gasteiger partial charge in [-0.2, -0.15) is 5.10 Å². The van der Waals surface area contributed by atoms with Crippen LogP contribution < -0.4 is 10.9 Å². The zero-order chi connectivity index (χ0) is 18.7. The minimum atomic E-state index is -0.433. The largest absolute Gasteiger partial charge is 0.323 e. The molecule has 1 heterocycles. The fraction of sp³-hybridized carbons (Fsp3) is 0.0556. The van der Waals surface area contributed by atoms with Crippen LogP contribution in [0.25, 0.3) is 11.3 Å². The standard InChI is InChI=1S/C18H12Cl3N3O2/c19-12-3-1-11(2-4-12)15-7-8-18(26)24(23-15)10-17(25)22-16-6-5-13(20)9-14(16)21/h1-9H,10H2,(H,22,25). The SMILES string of the molecule is O=C(Cn1nc(-c2ccc(Cl)cc2)ccc1=O)Nc1ccc(Cl)cc1Cl. The maximum atomic E-state index is 12.2. The number of hydrogen-bond donors (Lipinski definition) is 1. The Kier molecular flexibility index (Phi) is 5.61. The molecule has 0 spiro atoms. The van der Waals surface area contributed by atoms with Crippen molar-refractivity contribution in [2.75, 3.05) is 5.32 Å². The molecule has 0 aliphatic carbocycles. The summed E-state index contributed by atoms with van der Waals surface area (Å²) in [6.45, 7) is -0.251. The Morgan fingerprint density at radius 2 is 1.65 bits per heavy atom. The lowest BCUT2D eigenvalue weighted by atomic mass is 10.1. The second kappa shape index (κ2) is 7.91.